The van der Waals surface area contributed by atoms with E-state index in [0.717, 1.165) is 0 Å². The van der Waals surface area contributed by atoms with Gasteiger partial charge in [-0.05, 0) is 31.0 Å². The molecule has 1 aromatic rings. The van der Waals surface area contributed by atoms with E-state index in [1.165, 1.54) is 25.3 Å². The fourth-order valence-electron chi connectivity index (χ4n) is 2.67. The summed E-state index contributed by atoms with van der Waals surface area (Å²) in [5, 5.41) is 19.4. The Morgan fingerprint density at radius 2 is 1.85 bits per heavy atom. The minimum absolute atomic E-state index is 0.139. The lowest BCUT2D eigenvalue weighted by Gasteiger charge is -2.37. The molecular formula is C14H16F2O4. The Kier molecular flexibility index (Phi) is 3.58. The van der Waals surface area contributed by atoms with Gasteiger partial charge in [-0.15, -0.1) is 0 Å². The van der Waals surface area contributed by atoms with Crippen LogP contribution in [0.1, 0.15) is 31.2 Å². The molecule has 1 fully saturated rings. The number of hydrogen-bond donors (Lipinski definition) is 2. The van der Waals surface area contributed by atoms with E-state index in [2.05, 4.69) is 0 Å². The van der Waals surface area contributed by atoms with Gasteiger partial charge in [0.05, 0.1) is 12.5 Å². The molecule has 0 bridgehead atoms. The first-order chi connectivity index (χ1) is 9.31. The number of carbonyl (C=O) groups is 1. The van der Waals surface area contributed by atoms with E-state index in [1.54, 1.807) is 0 Å². The topological polar surface area (TPSA) is 66.8 Å². The SMILES string of the molecule is COc1ccc(O)c(C2(C(=O)O)CCC(F)(F)CC2)c1. The molecule has 0 spiro atoms. The number of phenolic OH excluding ortho intramolecular Hbond substituents is 1. The highest BCUT2D eigenvalue weighted by atomic mass is 19.3. The van der Waals surface area contributed by atoms with Crippen LogP contribution in [0.2, 0.25) is 0 Å². The monoisotopic (exact) mass is 286 g/mol. The highest BCUT2D eigenvalue weighted by Crippen LogP contribution is 2.48. The quantitative estimate of drug-likeness (QED) is 0.896. The minimum Gasteiger partial charge on any atom is -0.508 e. The Labute approximate surface area is 115 Å². The molecule has 6 heteroatoms. The van der Waals surface area contributed by atoms with Crippen molar-refractivity contribution in [3.8, 4) is 11.5 Å². The van der Waals surface area contributed by atoms with Crippen LogP contribution in [-0.4, -0.2) is 29.2 Å². The van der Waals surface area contributed by atoms with Gasteiger partial charge >= 0.3 is 5.97 Å². The van der Waals surface area contributed by atoms with Gasteiger partial charge in [-0.3, -0.25) is 4.79 Å². The number of benzene rings is 1. The first-order valence-corrected chi connectivity index (χ1v) is 6.29. The summed E-state index contributed by atoms with van der Waals surface area (Å²) in [5.74, 6) is -3.86. The molecule has 1 aliphatic rings. The maximum Gasteiger partial charge on any atom is 0.314 e. The van der Waals surface area contributed by atoms with Gasteiger partial charge in [-0.25, -0.2) is 8.78 Å². The number of rotatable bonds is 3. The van der Waals surface area contributed by atoms with Crippen LogP contribution in [0.15, 0.2) is 18.2 Å². The number of carboxylic acid groups (broad SMARTS) is 1. The van der Waals surface area contributed by atoms with Crippen molar-refractivity contribution in [2.45, 2.75) is 37.0 Å². The molecule has 0 aliphatic heterocycles. The lowest BCUT2D eigenvalue weighted by molar-refractivity contribution is -0.149. The van der Waals surface area contributed by atoms with Crippen LogP contribution in [0.4, 0.5) is 8.78 Å². The number of phenols is 1. The molecule has 0 saturated heterocycles. The summed E-state index contributed by atoms with van der Waals surface area (Å²) >= 11 is 0. The third-order valence-electron chi connectivity index (χ3n) is 3.96. The van der Waals surface area contributed by atoms with Crippen molar-refractivity contribution < 1.29 is 28.5 Å². The molecule has 1 aliphatic carbocycles. The third-order valence-corrected chi connectivity index (χ3v) is 3.96. The van der Waals surface area contributed by atoms with Crippen molar-refractivity contribution in [2.24, 2.45) is 0 Å². The lowest BCUT2D eigenvalue weighted by Crippen LogP contribution is -2.42. The average Bonchev–Trinajstić information content (AvgIpc) is 2.40. The van der Waals surface area contributed by atoms with Crippen molar-refractivity contribution >= 4 is 5.97 Å². The van der Waals surface area contributed by atoms with Gasteiger partial charge in [0.25, 0.3) is 0 Å². The molecule has 0 aromatic heterocycles. The molecular weight excluding hydrogens is 270 g/mol. The fraction of sp³-hybridized carbons (Fsp3) is 0.500. The molecule has 1 aromatic carbocycles. The zero-order valence-corrected chi connectivity index (χ0v) is 11.0. The Morgan fingerprint density at radius 3 is 2.35 bits per heavy atom. The molecule has 110 valence electrons. The van der Waals surface area contributed by atoms with Crippen molar-refractivity contribution in [1.82, 2.24) is 0 Å². The Balaban J connectivity index is 2.47. The first-order valence-electron chi connectivity index (χ1n) is 6.29. The zero-order chi connectivity index (χ0) is 15.0. The third kappa shape index (κ3) is 2.42. The largest absolute Gasteiger partial charge is 0.508 e. The van der Waals surface area contributed by atoms with E-state index in [4.69, 9.17) is 4.74 Å². The highest BCUT2D eigenvalue weighted by Gasteiger charge is 2.50. The van der Waals surface area contributed by atoms with Gasteiger partial charge in [0, 0.05) is 18.4 Å². The minimum atomic E-state index is -2.84. The molecule has 20 heavy (non-hydrogen) atoms. The second kappa shape index (κ2) is 4.92. The van der Waals surface area contributed by atoms with Crippen LogP contribution in [0.3, 0.4) is 0 Å². The van der Waals surface area contributed by atoms with E-state index < -0.39 is 30.1 Å². The number of carboxylic acids is 1. The van der Waals surface area contributed by atoms with Crippen LogP contribution in [-0.2, 0) is 10.2 Å². The van der Waals surface area contributed by atoms with Crippen molar-refractivity contribution in [3.05, 3.63) is 23.8 Å². The van der Waals surface area contributed by atoms with E-state index in [-0.39, 0.29) is 24.2 Å². The summed E-state index contributed by atoms with van der Waals surface area (Å²) in [4.78, 5) is 11.6. The molecule has 4 nitrogen and oxygen atoms in total. The number of aromatic hydroxyl groups is 1. The summed E-state index contributed by atoms with van der Waals surface area (Å²) in [7, 11) is 1.42. The van der Waals surface area contributed by atoms with Gasteiger partial charge in [-0.1, -0.05) is 0 Å². The van der Waals surface area contributed by atoms with Gasteiger partial charge < -0.3 is 14.9 Å². The predicted molar refractivity (Wildman–Crippen MR) is 67.4 cm³/mol. The summed E-state index contributed by atoms with van der Waals surface area (Å²) in [6.45, 7) is 0. The van der Waals surface area contributed by atoms with Crippen LogP contribution < -0.4 is 4.74 Å². The van der Waals surface area contributed by atoms with Crippen LogP contribution in [0.5, 0.6) is 11.5 Å². The fourth-order valence-corrected chi connectivity index (χ4v) is 2.67. The smallest absolute Gasteiger partial charge is 0.314 e. The number of methoxy groups -OCH3 is 1. The van der Waals surface area contributed by atoms with E-state index in [1.807, 2.05) is 0 Å². The van der Waals surface area contributed by atoms with Gasteiger partial charge in [-0.2, -0.15) is 0 Å². The summed E-state index contributed by atoms with van der Waals surface area (Å²) in [6.07, 6.45) is -1.43. The van der Waals surface area contributed by atoms with Crippen LogP contribution >= 0.6 is 0 Å². The van der Waals surface area contributed by atoms with Gasteiger partial charge in [0.2, 0.25) is 5.92 Å². The average molecular weight is 286 g/mol. The van der Waals surface area contributed by atoms with Gasteiger partial charge in [0.1, 0.15) is 11.5 Å². The first kappa shape index (κ1) is 14.6. The normalized spacial score (nSPS) is 20.4. The lowest BCUT2D eigenvalue weighted by atomic mass is 9.68. The predicted octanol–water partition coefficient (Wildman–Crippen LogP) is 2.93. The molecule has 0 heterocycles. The summed E-state index contributed by atoms with van der Waals surface area (Å²) < 4.78 is 31.6. The molecule has 1 saturated carbocycles. The molecule has 2 rings (SSSR count). The molecule has 0 atom stereocenters. The number of halogens is 2. The summed E-state index contributed by atoms with van der Waals surface area (Å²) in [5.41, 5.74) is -1.35. The Bertz CT molecular complexity index is 518. The summed E-state index contributed by atoms with van der Waals surface area (Å²) in [6, 6.07) is 4.23. The maximum absolute atomic E-state index is 13.3. The molecule has 0 unspecified atom stereocenters. The molecule has 0 amide bonds. The zero-order valence-electron chi connectivity index (χ0n) is 11.0. The maximum atomic E-state index is 13.3. The number of hydrogen-bond acceptors (Lipinski definition) is 3. The van der Waals surface area contributed by atoms with Gasteiger partial charge in [0.15, 0.2) is 0 Å². The molecule has 0 radical (unpaired) electrons. The van der Waals surface area contributed by atoms with E-state index in [9.17, 15) is 23.8 Å². The van der Waals surface area contributed by atoms with Crippen molar-refractivity contribution in [2.75, 3.05) is 7.11 Å². The Morgan fingerprint density at radius 1 is 1.25 bits per heavy atom. The van der Waals surface area contributed by atoms with Crippen LogP contribution in [0.25, 0.3) is 0 Å². The number of alkyl halides is 2. The van der Waals surface area contributed by atoms with E-state index >= 15 is 0 Å². The standard InChI is InChI=1S/C14H16F2O4/c1-20-9-2-3-11(17)10(8-9)13(12(18)19)4-6-14(15,16)7-5-13/h2-3,8,17H,4-7H2,1H3,(H,18,19). The van der Waals surface area contributed by atoms with Crippen molar-refractivity contribution in [1.29, 1.82) is 0 Å². The van der Waals surface area contributed by atoms with Crippen molar-refractivity contribution in [3.63, 3.8) is 0 Å². The second-order valence-electron chi connectivity index (χ2n) is 5.13. The Hall–Kier alpha value is -1.85. The molecule has 2 N–H and O–H groups in total. The van der Waals surface area contributed by atoms with Crippen LogP contribution in [0, 0.1) is 0 Å². The highest BCUT2D eigenvalue weighted by molar-refractivity contribution is 5.83. The number of aliphatic carboxylic acids is 1. The number of ether oxygens (including phenoxy) is 1. The second-order valence-corrected chi connectivity index (χ2v) is 5.13. The van der Waals surface area contributed by atoms with E-state index in [0.29, 0.717) is 5.75 Å².